The van der Waals surface area contributed by atoms with Gasteiger partial charge in [0, 0.05) is 29.8 Å². The molecule has 4 nitrogen and oxygen atoms in total. The first-order chi connectivity index (χ1) is 17.3. The highest BCUT2D eigenvalue weighted by Crippen LogP contribution is 2.36. The van der Waals surface area contributed by atoms with Crippen LogP contribution in [0.2, 0.25) is 0 Å². The molecule has 4 aromatic carbocycles. The van der Waals surface area contributed by atoms with Gasteiger partial charge in [-0.2, -0.15) is 0 Å². The minimum Gasteiger partial charge on any atom is -0.496 e. The van der Waals surface area contributed by atoms with Crippen LogP contribution in [0.1, 0.15) is 21.6 Å². The van der Waals surface area contributed by atoms with Crippen LogP contribution in [0.5, 0.6) is 11.5 Å². The van der Waals surface area contributed by atoms with Gasteiger partial charge in [-0.3, -0.25) is 0 Å². The topological polar surface area (TPSA) is 43.4 Å². The highest BCUT2D eigenvalue weighted by molar-refractivity contribution is 7.16. The van der Waals surface area contributed by atoms with E-state index in [9.17, 15) is 0 Å². The smallest absolute Gasteiger partial charge is 0.183 e. The van der Waals surface area contributed by atoms with Crippen LogP contribution in [0.3, 0.4) is 0 Å². The number of nitrogens with one attached hydrogen (secondary N) is 1. The molecule has 0 spiro atoms. The third kappa shape index (κ3) is 4.47. The molecule has 174 valence electrons. The van der Waals surface area contributed by atoms with Gasteiger partial charge in [0.05, 0.1) is 19.4 Å². The molecule has 0 aliphatic carbocycles. The molecule has 0 bridgehead atoms. The Labute approximate surface area is 209 Å². The molecule has 6 rings (SSSR count). The van der Waals surface area contributed by atoms with Crippen molar-refractivity contribution in [3.8, 4) is 22.8 Å². The average molecular weight is 479 g/mol. The number of anilines is 1. The van der Waals surface area contributed by atoms with Crippen LogP contribution in [0.4, 0.5) is 5.13 Å². The maximum absolute atomic E-state index is 5.65. The second kappa shape index (κ2) is 9.43. The van der Waals surface area contributed by atoms with Gasteiger partial charge in [0.15, 0.2) is 5.13 Å². The summed E-state index contributed by atoms with van der Waals surface area (Å²) < 4.78 is 11.3. The summed E-state index contributed by atoms with van der Waals surface area (Å²) in [5, 5.41) is 6.95. The van der Waals surface area contributed by atoms with Crippen molar-refractivity contribution in [2.24, 2.45) is 0 Å². The van der Waals surface area contributed by atoms with E-state index in [1.165, 1.54) is 26.8 Å². The van der Waals surface area contributed by atoms with Crippen molar-refractivity contribution in [3.63, 3.8) is 0 Å². The van der Waals surface area contributed by atoms with Gasteiger partial charge in [0.25, 0.3) is 0 Å². The number of fused-ring (bicyclic) bond motifs is 2. The molecule has 0 saturated heterocycles. The van der Waals surface area contributed by atoms with E-state index in [0.717, 1.165) is 59.4 Å². The number of hydrogen-bond donors (Lipinski definition) is 1. The lowest BCUT2D eigenvalue weighted by atomic mass is 10.0. The lowest BCUT2D eigenvalue weighted by molar-refractivity contribution is 0.357. The number of benzene rings is 4. The Morgan fingerprint density at radius 2 is 1.80 bits per heavy atom. The Kier molecular flexibility index (Phi) is 5.84. The predicted molar refractivity (Wildman–Crippen MR) is 144 cm³/mol. The van der Waals surface area contributed by atoms with Crippen molar-refractivity contribution in [2.75, 3.05) is 19.0 Å². The predicted octanol–water partition coefficient (Wildman–Crippen LogP) is 7.11. The van der Waals surface area contributed by atoms with E-state index in [2.05, 4.69) is 78.1 Å². The summed E-state index contributed by atoms with van der Waals surface area (Å²) in [6.07, 6.45) is 1.75. The minimum atomic E-state index is 0.728. The molecule has 0 radical (unpaired) electrons. The summed E-state index contributed by atoms with van der Waals surface area (Å²) >= 11 is 1.72. The number of ether oxygens (including phenoxy) is 2. The van der Waals surface area contributed by atoms with E-state index in [1.54, 1.807) is 18.4 Å². The average Bonchev–Trinajstić information content (AvgIpc) is 3.54. The molecule has 5 aromatic rings. The zero-order valence-corrected chi connectivity index (χ0v) is 20.4. The molecule has 2 heterocycles. The van der Waals surface area contributed by atoms with Crippen LogP contribution < -0.4 is 14.8 Å². The minimum absolute atomic E-state index is 0.728. The molecule has 1 aliphatic heterocycles. The normalized spacial score (nSPS) is 12.4. The third-order valence-electron chi connectivity index (χ3n) is 6.46. The fraction of sp³-hybridized carbons (Fsp3) is 0.167. The van der Waals surface area contributed by atoms with Gasteiger partial charge in [-0.1, -0.05) is 66.7 Å². The van der Waals surface area contributed by atoms with Crippen LogP contribution in [0.25, 0.3) is 22.0 Å². The van der Waals surface area contributed by atoms with Crippen LogP contribution in [-0.2, 0) is 19.4 Å². The van der Waals surface area contributed by atoms with Crippen molar-refractivity contribution in [1.29, 1.82) is 0 Å². The fourth-order valence-corrected chi connectivity index (χ4v) is 5.66. The van der Waals surface area contributed by atoms with Gasteiger partial charge in [-0.25, -0.2) is 4.98 Å². The monoisotopic (exact) mass is 478 g/mol. The van der Waals surface area contributed by atoms with Gasteiger partial charge in [0.2, 0.25) is 0 Å². The summed E-state index contributed by atoms with van der Waals surface area (Å²) in [5.41, 5.74) is 5.84. The van der Waals surface area contributed by atoms with E-state index < -0.39 is 0 Å². The standard InChI is InChI=1S/C30H26N2O2S/c1-33-26-9-5-4-8-23(26)18-28-29(25-12-11-21-6-2-3-7-22(21)17-25)32-30(35-28)31-19-20-10-13-27-24(16-20)14-15-34-27/h2-13,16-17H,14-15,18-19H2,1H3,(H,31,32). The molecule has 5 heteroatoms. The second-order valence-electron chi connectivity index (χ2n) is 8.74. The van der Waals surface area contributed by atoms with Crippen LogP contribution in [0.15, 0.2) is 84.9 Å². The largest absolute Gasteiger partial charge is 0.496 e. The first-order valence-electron chi connectivity index (χ1n) is 11.9. The van der Waals surface area contributed by atoms with E-state index >= 15 is 0 Å². The van der Waals surface area contributed by atoms with E-state index in [4.69, 9.17) is 14.5 Å². The summed E-state index contributed by atoms with van der Waals surface area (Å²) in [6.45, 7) is 1.51. The first kappa shape index (κ1) is 21.7. The summed E-state index contributed by atoms with van der Waals surface area (Å²) in [7, 11) is 1.73. The molecule has 0 amide bonds. The van der Waals surface area contributed by atoms with Crippen molar-refractivity contribution < 1.29 is 9.47 Å². The molecule has 0 saturated carbocycles. The van der Waals surface area contributed by atoms with Crippen LogP contribution in [0, 0.1) is 0 Å². The highest BCUT2D eigenvalue weighted by atomic mass is 32.1. The number of methoxy groups -OCH3 is 1. The molecule has 35 heavy (non-hydrogen) atoms. The van der Waals surface area contributed by atoms with Gasteiger partial charge in [-0.15, -0.1) is 11.3 Å². The second-order valence-corrected chi connectivity index (χ2v) is 9.82. The molecule has 1 aliphatic rings. The summed E-state index contributed by atoms with van der Waals surface area (Å²) in [6, 6.07) is 29.7. The number of hydrogen-bond acceptors (Lipinski definition) is 5. The maximum Gasteiger partial charge on any atom is 0.183 e. The van der Waals surface area contributed by atoms with Crippen molar-refractivity contribution in [3.05, 3.63) is 106 Å². The van der Waals surface area contributed by atoms with Gasteiger partial charge in [0.1, 0.15) is 11.5 Å². The Hall–Kier alpha value is -3.83. The Morgan fingerprint density at radius 3 is 2.71 bits per heavy atom. The summed E-state index contributed by atoms with van der Waals surface area (Å²) in [4.78, 5) is 6.29. The quantitative estimate of drug-likeness (QED) is 0.271. The molecule has 1 aromatic heterocycles. The van der Waals surface area contributed by atoms with Gasteiger partial charge < -0.3 is 14.8 Å². The van der Waals surface area contributed by atoms with E-state index in [1.807, 2.05) is 12.1 Å². The first-order valence-corrected chi connectivity index (χ1v) is 12.7. The van der Waals surface area contributed by atoms with Gasteiger partial charge >= 0.3 is 0 Å². The SMILES string of the molecule is COc1ccccc1Cc1sc(NCc2ccc3c(c2)CCO3)nc1-c1ccc2ccccc2c1. The summed E-state index contributed by atoms with van der Waals surface area (Å²) in [5.74, 6) is 1.92. The van der Waals surface area contributed by atoms with Crippen molar-refractivity contribution in [2.45, 2.75) is 19.4 Å². The Morgan fingerprint density at radius 1 is 0.943 bits per heavy atom. The van der Waals surface area contributed by atoms with Crippen LogP contribution >= 0.6 is 11.3 Å². The highest BCUT2D eigenvalue weighted by Gasteiger charge is 2.17. The Bertz CT molecular complexity index is 1510. The molecular weight excluding hydrogens is 452 g/mol. The fourth-order valence-electron chi connectivity index (χ4n) is 4.66. The van der Waals surface area contributed by atoms with Crippen LogP contribution in [-0.4, -0.2) is 18.7 Å². The maximum atomic E-state index is 5.65. The molecule has 0 fully saturated rings. The van der Waals surface area contributed by atoms with E-state index in [-0.39, 0.29) is 0 Å². The zero-order valence-electron chi connectivity index (χ0n) is 19.6. The molecular formula is C30H26N2O2S. The van der Waals surface area contributed by atoms with Crippen molar-refractivity contribution >= 4 is 27.2 Å². The number of para-hydroxylation sites is 1. The zero-order chi connectivity index (χ0) is 23.6. The number of rotatable bonds is 7. The molecule has 0 unspecified atom stereocenters. The third-order valence-corrected chi connectivity index (χ3v) is 7.47. The Balaban J connectivity index is 1.34. The molecule has 0 atom stereocenters. The number of aromatic nitrogens is 1. The van der Waals surface area contributed by atoms with E-state index in [0.29, 0.717) is 0 Å². The van der Waals surface area contributed by atoms with Gasteiger partial charge in [-0.05, 0) is 45.7 Å². The molecule has 1 N–H and O–H groups in total. The number of thiazole rings is 1. The number of nitrogens with zero attached hydrogens (tertiary/aromatic N) is 1. The lowest BCUT2D eigenvalue weighted by Gasteiger charge is -2.08. The van der Waals surface area contributed by atoms with Crippen molar-refractivity contribution in [1.82, 2.24) is 4.98 Å². The lowest BCUT2D eigenvalue weighted by Crippen LogP contribution is -1.99.